The van der Waals surface area contributed by atoms with Crippen molar-refractivity contribution in [1.82, 2.24) is 9.55 Å². The van der Waals surface area contributed by atoms with Crippen molar-refractivity contribution < 1.29 is 4.42 Å². The van der Waals surface area contributed by atoms with Gasteiger partial charge in [0.15, 0.2) is 5.58 Å². The van der Waals surface area contributed by atoms with Crippen molar-refractivity contribution in [3.8, 4) is 5.69 Å². The number of para-hydroxylation sites is 1. The third-order valence-corrected chi connectivity index (χ3v) is 6.59. The molecule has 0 fully saturated rings. The van der Waals surface area contributed by atoms with E-state index in [1.54, 1.807) is 6.26 Å². The van der Waals surface area contributed by atoms with E-state index in [9.17, 15) is 0 Å². The van der Waals surface area contributed by atoms with E-state index in [0.717, 1.165) is 38.5 Å². The molecule has 160 valence electrons. The molecule has 2 heterocycles. The summed E-state index contributed by atoms with van der Waals surface area (Å²) >= 11 is 0. The average Bonchev–Trinajstić information content (AvgIpc) is 2.92. The van der Waals surface area contributed by atoms with Crippen LogP contribution in [0.15, 0.2) is 126 Å². The van der Waals surface area contributed by atoms with Crippen LogP contribution in [0.25, 0.3) is 60.0 Å². The van der Waals surface area contributed by atoms with Crippen molar-refractivity contribution in [3.05, 3.63) is 122 Å². The number of pyridine rings is 1. The van der Waals surface area contributed by atoms with Gasteiger partial charge in [0, 0.05) is 28.9 Å². The third-order valence-electron chi connectivity index (χ3n) is 6.59. The zero-order valence-corrected chi connectivity index (χ0v) is 18.3. The molecular formula is C31H20N2O. The van der Waals surface area contributed by atoms with Gasteiger partial charge in [0.05, 0.1) is 11.0 Å². The van der Waals surface area contributed by atoms with E-state index in [-0.39, 0.29) is 0 Å². The first-order valence-electron chi connectivity index (χ1n) is 11.4. The molecule has 0 amide bonds. The first kappa shape index (κ1) is 18.9. The van der Waals surface area contributed by atoms with Crippen molar-refractivity contribution in [3.63, 3.8) is 0 Å². The molecule has 7 rings (SSSR count). The maximum Gasteiger partial charge on any atom is 0.151 e. The van der Waals surface area contributed by atoms with Crippen LogP contribution in [-0.4, -0.2) is 9.55 Å². The van der Waals surface area contributed by atoms with Gasteiger partial charge in [0.1, 0.15) is 6.26 Å². The minimum absolute atomic E-state index is 0.813. The van der Waals surface area contributed by atoms with Gasteiger partial charge in [-0.1, -0.05) is 72.8 Å². The predicted octanol–water partition coefficient (Wildman–Crippen LogP) is 8.36. The van der Waals surface area contributed by atoms with Gasteiger partial charge >= 0.3 is 0 Å². The molecule has 0 saturated heterocycles. The molecule has 0 spiro atoms. The molecule has 2 aromatic heterocycles. The van der Waals surface area contributed by atoms with Crippen molar-refractivity contribution in [2.75, 3.05) is 0 Å². The molecule has 3 heteroatoms. The summed E-state index contributed by atoms with van der Waals surface area (Å²) in [6.45, 7) is 0. The Bertz CT molecular complexity index is 1910. The maximum atomic E-state index is 6.04. The van der Waals surface area contributed by atoms with Crippen LogP contribution in [0.5, 0.6) is 0 Å². The number of hydrogen-bond acceptors (Lipinski definition) is 2. The number of benzene rings is 4. The highest BCUT2D eigenvalue weighted by atomic mass is 16.3. The molecule has 0 radical (unpaired) electrons. The average molecular weight is 437 g/mol. The summed E-state index contributed by atoms with van der Waals surface area (Å²) in [6.07, 6.45) is 5.59. The second-order valence-corrected chi connectivity index (χ2v) is 8.46. The summed E-state index contributed by atoms with van der Waals surface area (Å²) in [7, 11) is 0. The molecule has 0 atom stereocenters. The number of hydrogen-bond donors (Lipinski definition) is 0. The Labute approximate surface area is 195 Å². The van der Waals surface area contributed by atoms with Gasteiger partial charge in [-0.25, -0.2) is 0 Å². The van der Waals surface area contributed by atoms with Gasteiger partial charge in [-0.15, -0.1) is 0 Å². The Morgan fingerprint density at radius 3 is 1.91 bits per heavy atom. The van der Waals surface area contributed by atoms with Crippen molar-refractivity contribution >= 4 is 54.3 Å². The van der Waals surface area contributed by atoms with Crippen LogP contribution < -0.4 is 0 Å². The highest BCUT2D eigenvalue weighted by Crippen LogP contribution is 2.36. The molecule has 0 N–H and O–H groups in total. The topological polar surface area (TPSA) is 31.0 Å². The Balaban J connectivity index is 1.80. The van der Waals surface area contributed by atoms with Gasteiger partial charge < -0.3 is 8.98 Å². The van der Waals surface area contributed by atoms with Crippen molar-refractivity contribution in [1.29, 1.82) is 0 Å². The summed E-state index contributed by atoms with van der Waals surface area (Å²) in [4.78, 5) is 4.87. The van der Waals surface area contributed by atoms with Crippen LogP contribution in [0.1, 0.15) is 0 Å². The predicted molar refractivity (Wildman–Crippen MR) is 141 cm³/mol. The molecule has 0 unspecified atom stereocenters. The van der Waals surface area contributed by atoms with Crippen LogP contribution in [0.2, 0.25) is 0 Å². The highest BCUT2D eigenvalue weighted by molar-refractivity contribution is 6.26. The Morgan fingerprint density at radius 1 is 0.559 bits per heavy atom. The Kier molecular flexibility index (Phi) is 4.15. The number of rotatable bonds is 1. The van der Waals surface area contributed by atoms with Crippen LogP contribution in [0.4, 0.5) is 0 Å². The Hall–Kier alpha value is -4.63. The fourth-order valence-corrected chi connectivity index (χ4v) is 5.07. The van der Waals surface area contributed by atoms with Gasteiger partial charge in [0.25, 0.3) is 0 Å². The molecule has 0 bridgehead atoms. The molecule has 0 saturated carbocycles. The monoisotopic (exact) mass is 436 g/mol. The lowest BCUT2D eigenvalue weighted by atomic mass is 9.96. The van der Waals surface area contributed by atoms with Crippen molar-refractivity contribution in [2.45, 2.75) is 0 Å². The minimum Gasteiger partial charge on any atom is -0.461 e. The molecular weight excluding hydrogens is 416 g/mol. The van der Waals surface area contributed by atoms with Gasteiger partial charge in [0.2, 0.25) is 0 Å². The molecule has 7 aromatic rings. The van der Waals surface area contributed by atoms with Gasteiger partial charge in [-0.2, -0.15) is 0 Å². The van der Waals surface area contributed by atoms with E-state index in [1.165, 1.54) is 21.5 Å². The van der Waals surface area contributed by atoms with E-state index >= 15 is 0 Å². The SMILES string of the molecule is c1ccc(-n2ccoc3cc4c(cc32)c2ccccc2c2ccccc2c2cccnc24)cc1. The zero-order chi connectivity index (χ0) is 22.5. The van der Waals surface area contributed by atoms with E-state index in [4.69, 9.17) is 9.40 Å². The summed E-state index contributed by atoms with van der Waals surface area (Å²) in [5.41, 5.74) is 3.87. The van der Waals surface area contributed by atoms with E-state index in [1.807, 2.05) is 24.5 Å². The maximum absolute atomic E-state index is 6.04. The molecule has 3 nitrogen and oxygen atoms in total. The van der Waals surface area contributed by atoms with Crippen LogP contribution in [0.3, 0.4) is 0 Å². The van der Waals surface area contributed by atoms with Crippen molar-refractivity contribution in [2.24, 2.45) is 0 Å². The zero-order valence-electron chi connectivity index (χ0n) is 18.3. The molecule has 0 aliphatic rings. The summed E-state index contributed by atoms with van der Waals surface area (Å²) < 4.78 is 8.21. The molecule has 5 aromatic carbocycles. The fraction of sp³-hybridized carbons (Fsp3) is 0. The third kappa shape index (κ3) is 2.81. The first-order valence-corrected chi connectivity index (χ1v) is 11.4. The largest absolute Gasteiger partial charge is 0.461 e. The van der Waals surface area contributed by atoms with Crippen LogP contribution >= 0.6 is 0 Å². The Morgan fingerprint density at radius 2 is 1.18 bits per heavy atom. The molecule has 34 heavy (non-hydrogen) atoms. The molecule has 0 aliphatic heterocycles. The van der Waals surface area contributed by atoms with Gasteiger partial charge in [-0.3, -0.25) is 4.98 Å². The normalized spacial score (nSPS) is 11.5. The number of nitrogens with zero attached hydrogens (tertiary/aromatic N) is 2. The molecule has 0 aliphatic carbocycles. The lowest BCUT2D eigenvalue weighted by Gasteiger charge is -2.13. The standard InChI is InChI=1S/C31H20N2O/c1-2-9-21(10-3-1)33-17-18-34-30-20-28-27(19-29(30)33)25-14-7-5-12-23(25)22-11-4-6-13-24(22)26-15-8-16-32-31(26)28/h1-20H. The number of aromatic nitrogens is 2. The first-order chi connectivity index (χ1) is 16.9. The summed E-state index contributed by atoms with van der Waals surface area (Å²) in [5, 5.41) is 8.14. The fourth-order valence-electron chi connectivity index (χ4n) is 5.07. The van der Waals surface area contributed by atoms with Gasteiger partial charge in [-0.05, 0) is 57.3 Å². The summed E-state index contributed by atoms with van der Waals surface area (Å²) in [6, 6.07) is 36.1. The lowest BCUT2D eigenvalue weighted by molar-refractivity contribution is 0.593. The second kappa shape index (κ2) is 7.46. The van der Waals surface area contributed by atoms with Crippen LogP contribution in [-0.2, 0) is 0 Å². The lowest BCUT2D eigenvalue weighted by Crippen LogP contribution is -1.96. The van der Waals surface area contributed by atoms with Crippen LogP contribution in [0, 0.1) is 0 Å². The van der Waals surface area contributed by atoms with E-state index < -0.39 is 0 Å². The smallest absolute Gasteiger partial charge is 0.151 e. The minimum atomic E-state index is 0.813. The van der Waals surface area contributed by atoms with E-state index in [0.29, 0.717) is 0 Å². The summed E-state index contributed by atoms with van der Waals surface area (Å²) in [5.74, 6) is 0. The quantitative estimate of drug-likeness (QED) is 0.259. The second-order valence-electron chi connectivity index (χ2n) is 8.46. The van der Waals surface area contributed by atoms with E-state index in [2.05, 4.69) is 95.6 Å². The number of fused-ring (bicyclic) bond motifs is 9. The highest BCUT2D eigenvalue weighted by Gasteiger charge is 2.12.